The average molecular weight is 451 g/mol. The van der Waals surface area contributed by atoms with Gasteiger partial charge in [-0.15, -0.1) is 0 Å². The Bertz CT molecular complexity index is 904. The summed E-state index contributed by atoms with van der Waals surface area (Å²) in [5.74, 6) is 0.295. The smallest absolute Gasteiger partial charge is 0.245 e. The molecule has 0 saturated carbocycles. The summed E-state index contributed by atoms with van der Waals surface area (Å²) in [5, 5.41) is 15.6. The first-order valence-electron chi connectivity index (χ1n) is 10.1. The molecule has 2 N–H and O–H groups in total. The third kappa shape index (κ3) is 4.56. The summed E-state index contributed by atoms with van der Waals surface area (Å²) in [6.45, 7) is 8.78. The minimum absolute atomic E-state index is 0.0141. The van der Waals surface area contributed by atoms with E-state index in [1.807, 2.05) is 44.7 Å². The van der Waals surface area contributed by atoms with Crippen LogP contribution in [0.4, 0.5) is 5.95 Å². The molecule has 3 rings (SSSR count). The van der Waals surface area contributed by atoms with Gasteiger partial charge in [0.05, 0.1) is 5.60 Å². The number of carbonyl (C=O) groups is 1. The Kier molecular flexibility index (Phi) is 6.60. The maximum Gasteiger partial charge on any atom is 0.245 e. The Balaban J connectivity index is 1.79. The van der Waals surface area contributed by atoms with Crippen molar-refractivity contribution in [3.8, 4) is 0 Å². The number of piperidine rings is 1. The van der Waals surface area contributed by atoms with E-state index >= 15 is 0 Å². The van der Waals surface area contributed by atoms with Crippen LogP contribution in [-0.2, 0) is 10.4 Å². The van der Waals surface area contributed by atoms with Gasteiger partial charge in [0, 0.05) is 29.7 Å². The topological polar surface area (TPSA) is 78.4 Å². The van der Waals surface area contributed by atoms with Crippen molar-refractivity contribution in [1.29, 1.82) is 0 Å². The third-order valence-corrected chi connectivity index (χ3v) is 6.38. The number of nitrogens with one attached hydrogen (secondary N) is 1. The van der Waals surface area contributed by atoms with Crippen molar-refractivity contribution in [3.05, 3.63) is 52.3 Å². The molecule has 1 saturated heterocycles. The van der Waals surface area contributed by atoms with Crippen molar-refractivity contribution in [1.82, 2.24) is 14.9 Å². The van der Waals surface area contributed by atoms with Gasteiger partial charge in [0.15, 0.2) is 0 Å². The van der Waals surface area contributed by atoms with Gasteiger partial charge in [0.1, 0.15) is 11.2 Å². The fraction of sp³-hybridized carbons (Fsp3) is 0.500. The van der Waals surface area contributed by atoms with Gasteiger partial charge < -0.3 is 15.3 Å². The molecule has 1 aromatic heterocycles. The van der Waals surface area contributed by atoms with Crippen molar-refractivity contribution < 1.29 is 9.90 Å². The predicted molar refractivity (Wildman–Crippen MR) is 120 cm³/mol. The molecule has 1 aromatic carbocycles. The molecule has 2 heterocycles. The summed E-state index contributed by atoms with van der Waals surface area (Å²) >= 11 is 12.0. The minimum atomic E-state index is -1.05. The molecule has 8 heteroatoms. The number of likely N-dealkylation sites (tertiary alicyclic amines) is 1. The van der Waals surface area contributed by atoms with Gasteiger partial charge in [-0.25, -0.2) is 9.97 Å². The molecule has 0 bridgehead atoms. The molecule has 0 aliphatic carbocycles. The van der Waals surface area contributed by atoms with E-state index in [2.05, 4.69) is 15.3 Å². The van der Waals surface area contributed by atoms with E-state index in [4.69, 9.17) is 23.2 Å². The molecule has 30 heavy (non-hydrogen) atoms. The van der Waals surface area contributed by atoms with Crippen LogP contribution in [0.2, 0.25) is 10.2 Å². The molecule has 1 aliphatic heterocycles. The second kappa shape index (κ2) is 8.69. The first-order valence-corrected chi connectivity index (χ1v) is 10.8. The second-order valence-electron chi connectivity index (χ2n) is 8.83. The van der Waals surface area contributed by atoms with Crippen LogP contribution in [0, 0.1) is 11.3 Å². The number of halogens is 2. The van der Waals surface area contributed by atoms with Crippen molar-refractivity contribution in [2.24, 2.45) is 11.3 Å². The van der Waals surface area contributed by atoms with E-state index in [0.29, 0.717) is 35.6 Å². The Hall–Kier alpha value is -1.89. The van der Waals surface area contributed by atoms with E-state index in [9.17, 15) is 9.90 Å². The highest BCUT2D eigenvalue weighted by atomic mass is 35.5. The molecule has 1 amide bonds. The van der Waals surface area contributed by atoms with Crippen molar-refractivity contribution >= 4 is 35.1 Å². The maximum absolute atomic E-state index is 13.4. The molecule has 2 unspecified atom stereocenters. The monoisotopic (exact) mass is 450 g/mol. The molecular weight excluding hydrogens is 423 g/mol. The van der Waals surface area contributed by atoms with Crippen LogP contribution in [0.5, 0.6) is 0 Å². The predicted octanol–water partition coefficient (Wildman–Crippen LogP) is 4.37. The Morgan fingerprint density at radius 2 is 1.87 bits per heavy atom. The second-order valence-corrected chi connectivity index (χ2v) is 9.65. The Labute approximate surface area is 187 Å². The van der Waals surface area contributed by atoms with Gasteiger partial charge in [0.25, 0.3) is 0 Å². The van der Waals surface area contributed by atoms with Crippen molar-refractivity contribution in [2.75, 3.05) is 18.4 Å². The normalized spacial score (nSPS) is 22.1. The fourth-order valence-electron chi connectivity index (χ4n) is 4.03. The third-order valence-electron chi connectivity index (χ3n) is 5.92. The number of aliphatic hydroxyl groups is 1. The Morgan fingerprint density at radius 3 is 2.43 bits per heavy atom. The van der Waals surface area contributed by atoms with Crippen LogP contribution >= 0.6 is 23.2 Å². The van der Waals surface area contributed by atoms with Crippen LogP contribution < -0.4 is 5.32 Å². The summed E-state index contributed by atoms with van der Waals surface area (Å²) < 4.78 is 0. The molecule has 162 valence electrons. The van der Waals surface area contributed by atoms with Crippen LogP contribution in [0.15, 0.2) is 36.5 Å². The highest BCUT2D eigenvalue weighted by Gasteiger charge is 2.50. The number of carbonyl (C=O) groups excluding carboxylic acids is 1. The minimum Gasteiger partial charge on any atom is -0.384 e. The van der Waals surface area contributed by atoms with Crippen molar-refractivity contribution in [2.45, 2.75) is 45.8 Å². The number of hydrogen-bond acceptors (Lipinski definition) is 5. The van der Waals surface area contributed by atoms with E-state index in [1.54, 1.807) is 24.4 Å². The van der Waals surface area contributed by atoms with Crippen LogP contribution in [-0.4, -0.2) is 45.0 Å². The van der Waals surface area contributed by atoms with E-state index in [1.165, 1.54) is 0 Å². The summed E-state index contributed by atoms with van der Waals surface area (Å²) in [6, 6.07) is 8.37. The molecule has 0 radical (unpaired) electrons. The van der Waals surface area contributed by atoms with Gasteiger partial charge in [-0.2, -0.15) is 0 Å². The lowest BCUT2D eigenvalue weighted by Crippen LogP contribution is -2.59. The quantitative estimate of drug-likeness (QED) is 0.661. The molecular formula is C22H28Cl2N4O2. The van der Waals surface area contributed by atoms with Crippen LogP contribution in [0.3, 0.4) is 0 Å². The van der Waals surface area contributed by atoms with Crippen LogP contribution in [0.25, 0.3) is 0 Å². The highest BCUT2D eigenvalue weighted by Crippen LogP contribution is 2.46. The maximum atomic E-state index is 13.4. The molecule has 1 fully saturated rings. The number of aromatic nitrogens is 2. The van der Waals surface area contributed by atoms with Gasteiger partial charge in [0.2, 0.25) is 11.9 Å². The van der Waals surface area contributed by atoms with Gasteiger partial charge in [-0.3, -0.25) is 4.79 Å². The summed E-state index contributed by atoms with van der Waals surface area (Å²) in [7, 11) is 0. The number of amides is 1. The zero-order valence-corrected chi connectivity index (χ0v) is 19.2. The number of rotatable bonds is 5. The van der Waals surface area contributed by atoms with Crippen LogP contribution in [0.1, 0.15) is 39.7 Å². The van der Waals surface area contributed by atoms with E-state index in [-0.39, 0.29) is 11.8 Å². The number of benzene rings is 1. The largest absolute Gasteiger partial charge is 0.384 e. The molecule has 6 nitrogen and oxygen atoms in total. The molecule has 2 aromatic rings. The first-order chi connectivity index (χ1) is 14.0. The molecule has 1 aliphatic rings. The van der Waals surface area contributed by atoms with Gasteiger partial charge >= 0.3 is 0 Å². The van der Waals surface area contributed by atoms with E-state index in [0.717, 1.165) is 5.56 Å². The number of nitrogens with zero attached hydrogens (tertiary/aromatic N) is 3. The van der Waals surface area contributed by atoms with Gasteiger partial charge in [-0.1, -0.05) is 63.0 Å². The first kappa shape index (κ1) is 22.8. The van der Waals surface area contributed by atoms with E-state index < -0.39 is 17.1 Å². The summed E-state index contributed by atoms with van der Waals surface area (Å²) in [5.41, 5.74) is -0.788. The van der Waals surface area contributed by atoms with Gasteiger partial charge in [-0.05, 0) is 36.1 Å². The summed E-state index contributed by atoms with van der Waals surface area (Å²) in [6.07, 6.45) is 1.99. The zero-order chi connectivity index (χ0) is 22.1. The lowest BCUT2D eigenvalue weighted by atomic mass is 9.66. The molecule has 0 spiro atoms. The van der Waals surface area contributed by atoms with Crippen molar-refractivity contribution in [3.63, 3.8) is 0 Å². The highest BCUT2D eigenvalue weighted by molar-refractivity contribution is 6.30. The fourth-order valence-corrected chi connectivity index (χ4v) is 4.29. The number of anilines is 1. The number of hydrogen-bond donors (Lipinski definition) is 2. The summed E-state index contributed by atoms with van der Waals surface area (Å²) in [4.78, 5) is 23.5. The molecule has 2 atom stereocenters. The SMILES string of the molecule is CC(C)C(Nc1nccc(Cl)n1)C(=O)N1CCC(O)(c2ccc(Cl)cc2)C(C)(C)C1. The zero-order valence-electron chi connectivity index (χ0n) is 17.7. The Morgan fingerprint density at radius 1 is 1.20 bits per heavy atom. The average Bonchev–Trinajstić information content (AvgIpc) is 2.68. The lowest BCUT2D eigenvalue weighted by molar-refractivity contribution is -0.154. The standard InChI is InChI=1S/C22H28Cl2N4O2/c1-14(2)18(27-20-25-11-9-17(24)26-20)19(29)28-12-10-22(30,21(3,4)13-28)15-5-7-16(23)8-6-15/h5-9,11,14,18,30H,10,12-13H2,1-4H3,(H,25,26,27). The lowest BCUT2D eigenvalue weighted by Gasteiger charge is -2.51.